The van der Waals surface area contributed by atoms with Crippen molar-refractivity contribution in [1.82, 2.24) is 15.2 Å². The molecule has 3 aromatic rings. The van der Waals surface area contributed by atoms with Gasteiger partial charge in [0.25, 0.3) is 11.8 Å². The molecule has 2 heterocycles. The number of aromatic amines is 1. The fraction of sp³-hybridized carbons (Fsp3) is 0.273. The third kappa shape index (κ3) is 3.87. The van der Waals surface area contributed by atoms with Crippen LogP contribution in [-0.4, -0.2) is 34.8 Å². The van der Waals surface area contributed by atoms with Gasteiger partial charge in [-0.3, -0.25) is 9.59 Å². The van der Waals surface area contributed by atoms with Crippen molar-refractivity contribution in [3.63, 3.8) is 0 Å². The molecular formula is C22H23N3O2. The Labute approximate surface area is 158 Å². The first kappa shape index (κ1) is 17.3. The molecule has 2 amide bonds. The summed E-state index contributed by atoms with van der Waals surface area (Å²) in [5.74, 6) is -0.0718. The smallest absolute Gasteiger partial charge is 0.267 e. The largest absolute Gasteiger partial charge is 0.351 e. The average molecular weight is 361 g/mol. The molecule has 138 valence electrons. The van der Waals surface area contributed by atoms with E-state index in [2.05, 4.69) is 10.3 Å². The molecule has 5 heteroatoms. The Balaban J connectivity index is 1.42. The number of benzene rings is 2. The van der Waals surface area contributed by atoms with Gasteiger partial charge >= 0.3 is 0 Å². The van der Waals surface area contributed by atoms with Crippen LogP contribution >= 0.6 is 0 Å². The molecule has 0 aliphatic carbocycles. The van der Waals surface area contributed by atoms with Gasteiger partial charge in [0, 0.05) is 36.1 Å². The van der Waals surface area contributed by atoms with Crippen LogP contribution in [0.25, 0.3) is 10.9 Å². The summed E-state index contributed by atoms with van der Waals surface area (Å²) >= 11 is 0. The third-order valence-corrected chi connectivity index (χ3v) is 5.04. The van der Waals surface area contributed by atoms with Crippen LogP contribution in [0.5, 0.6) is 0 Å². The van der Waals surface area contributed by atoms with Gasteiger partial charge in [-0.1, -0.05) is 30.3 Å². The quantitative estimate of drug-likeness (QED) is 0.744. The maximum Gasteiger partial charge on any atom is 0.267 e. The second-order valence-corrected chi connectivity index (χ2v) is 7.01. The van der Waals surface area contributed by atoms with Crippen molar-refractivity contribution in [3.8, 4) is 0 Å². The minimum atomic E-state index is -0.154. The molecule has 0 unspecified atom stereocenters. The number of H-pyrrole nitrogens is 1. The highest BCUT2D eigenvalue weighted by Crippen LogP contribution is 2.16. The van der Waals surface area contributed by atoms with E-state index in [1.54, 1.807) is 0 Å². The van der Waals surface area contributed by atoms with Gasteiger partial charge in [-0.25, -0.2) is 0 Å². The van der Waals surface area contributed by atoms with E-state index in [0.717, 1.165) is 42.4 Å². The topological polar surface area (TPSA) is 65.2 Å². The zero-order chi connectivity index (χ0) is 18.6. The van der Waals surface area contributed by atoms with Gasteiger partial charge in [0.1, 0.15) is 5.69 Å². The molecule has 1 aromatic heterocycles. The monoisotopic (exact) mass is 361 g/mol. The molecule has 0 radical (unpaired) electrons. The first-order chi connectivity index (χ1) is 13.2. The lowest BCUT2D eigenvalue weighted by Crippen LogP contribution is -2.35. The molecule has 4 rings (SSSR count). The molecule has 2 N–H and O–H groups in total. The Morgan fingerprint density at radius 3 is 2.59 bits per heavy atom. The summed E-state index contributed by atoms with van der Waals surface area (Å²) in [6.45, 7) is 2.05. The molecule has 1 saturated heterocycles. The molecule has 2 aromatic carbocycles. The molecule has 0 saturated carbocycles. The summed E-state index contributed by atoms with van der Waals surface area (Å²) in [5, 5.41) is 3.94. The number of hydrogen-bond donors (Lipinski definition) is 2. The van der Waals surface area contributed by atoms with Gasteiger partial charge in [0.15, 0.2) is 0 Å². The van der Waals surface area contributed by atoms with Crippen LogP contribution in [0.15, 0.2) is 54.6 Å². The van der Waals surface area contributed by atoms with Crippen molar-refractivity contribution in [2.45, 2.75) is 25.8 Å². The van der Waals surface area contributed by atoms with Crippen molar-refractivity contribution in [1.29, 1.82) is 0 Å². The molecule has 1 aliphatic heterocycles. The SMILES string of the molecule is O=C(NCc1cccc(C(=O)N2CCCCC2)c1)c1cc2ccccc2[nH]1. The Morgan fingerprint density at radius 1 is 0.963 bits per heavy atom. The molecule has 0 spiro atoms. The summed E-state index contributed by atoms with van der Waals surface area (Å²) in [6, 6.07) is 17.2. The second kappa shape index (κ2) is 7.66. The lowest BCUT2D eigenvalue weighted by atomic mass is 10.1. The van der Waals surface area contributed by atoms with Crippen molar-refractivity contribution in [2.24, 2.45) is 0 Å². The van der Waals surface area contributed by atoms with Crippen LogP contribution < -0.4 is 5.32 Å². The van der Waals surface area contributed by atoms with Crippen LogP contribution in [-0.2, 0) is 6.54 Å². The van der Waals surface area contributed by atoms with Crippen LogP contribution in [0.1, 0.15) is 45.7 Å². The number of piperidine rings is 1. The number of para-hydroxylation sites is 1. The summed E-state index contributed by atoms with van der Waals surface area (Å²) in [6.07, 6.45) is 3.35. The van der Waals surface area contributed by atoms with Gasteiger partial charge in [0.2, 0.25) is 0 Å². The summed E-state index contributed by atoms with van der Waals surface area (Å²) in [4.78, 5) is 30.1. The van der Waals surface area contributed by atoms with E-state index < -0.39 is 0 Å². The van der Waals surface area contributed by atoms with Crippen LogP contribution in [0.4, 0.5) is 0 Å². The van der Waals surface area contributed by atoms with Crippen LogP contribution in [0.3, 0.4) is 0 Å². The predicted molar refractivity (Wildman–Crippen MR) is 106 cm³/mol. The van der Waals surface area contributed by atoms with E-state index in [4.69, 9.17) is 0 Å². The van der Waals surface area contributed by atoms with E-state index in [9.17, 15) is 9.59 Å². The number of nitrogens with one attached hydrogen (secondary N) is 2. The molecule has 1 fully saturated rings. The Kier molecular flexibility index (Phi) is 4.92. The van der Waals surface area contributed by atoms with Crippen LogP contribution in [0, 0.1) is 0 Å². The van der Waals surface area contributed by atoms with E-state index in [-0.39, 0.29) is 11.8 Å². The van der Waals surface area contributed by atoms with E-state index in [1.165, 1.54) is 6.42 Å². The second-order valence-electron chi connectivity index (χ2n) is 7.01. The maximum absolute atomic E-state index is 12.6. The van der Waals surface area contributed by atoms with Crippen molar-refractivity contribution in [3.05, 3.63) is 71.4 Å². The molecule has 0 bridgehead atoms. The number of nitrogens with zero attached hydrogens (tertiary/aromatic N) is 1. The Bertz CT molecular complexity index is 937. The standard InChI is InChI=1S/C22H23N3O2/c26-21(20-14-17-8-2-3-10-19(17)24-20)23-15-16-7-6-9-18(13-16)22(27)25-11-4-1-5-12-25/h2-3,6-10,13-14,24H,1,4-5,11-12,15H2,(H,23,26). The fourth-order valence-corrected chi connectivity index (χ4v) is 3.57. The number of fused-ring (bicyclic) bond motifs is 1. The van der Waals surface area contributed by atoms with Gasteiger partial charge in [-0.2, -0.15) is 0 Å². The molecule has 0 atom stereocenters. The molecule has 27 heavy (non-hydrogen) atoms. The highest BCUT2D eigenvalue weighted by Gasteiger charge is 2.18. The minimum Gasteiger partial charge on any atom is -0.351 e. The predicted octanol–water partition coefficient (Wildman–Crippen LogP) is 3.72. The lowest BCUT2D eigenvalue weighted by molar-refractivity contribution is 0.0724. The number of carbonyl (C=O) groups is 2. The van der Waals surface area contributed by atoms with E-state index in [0.29, 0.717) is 17.8 Å². The van der Waals surface area contributed by atoms with Crippen molar-refractivity contribution in [2.75, 3.05) is 13.1 Å². The van der Waals surface area contributed by atoms with Gasteiger partial charge in [0.05, 0.1) is 0 Å². The number of aromatic nitrogens is 1. The number of likely N-dealkylation sites (tertiary alicyclic amines) is 1. The van der Waals surface area contributed by atoms with E-state index >= 15 is 0 Å². The van der Waals surface area contributed by atoms with E-state index in [1.807, 2.05) is 59.5 Å². The first-order valence-corrected chi connectivity index (χ1v) is 9.45. The highest BCUT2D eigenvalue weighted by molar-refractivity contribution is 5.98. The number of hydrogen-bond acceptors (Lipinski definition) is 2. The van der Waals surface area contributed by atoms with Gasteiger partial charge in [-0.15, -0.1) is 0 Å². The van der Waals surface area contributed by atoms with Crippen molar-refractivity contribution < 1.29 is 9.59 Å². The van der Waals surface area contributed by atoms with Gasteiger partial charge < -0.3 is 15.2 Å². The molecule has 5 nitrogen and oxygen atoms in total. The summed E-state index contributed by atoms with van der Waals surface area (Å²) < 4.78 is 0. The van der Waals surface area contributed by atoms with Gasteiger partial charge in [-0.05, 0) is 49.1 Å². The van der Waals surface area contributed by atoms with Crippen molar-refractivity contribution >= 4 is 22.7 Å². The zero-order valence-electron chi connectivity index (χ0n) is 15.2. The van der Waals surface area contributed by atoms with Crippen LogP contribution in [0.2, 0.25) is 0 Å². The number of amides is 2. The number of carbonyl (C=O) groups excluding carboxylic acids is 2. The number of rotatable bonds is 4. The normalized spacial score (nSPS) is 14.3. The minimum absolute atomic E-state index is 0.0819. The average Bonchev–Trinajstić information content (AvgIpc) is 3.17. The summed E-state index contributed by atoms with van der Waals surface area (Å²) in [5.41, 5.74) is 3.09. The summed E-state index contributed by atoms with van der Waals surface area (Å²) in [7, 11) is 0. The zero-order valence-corrected chi connectivity index (χ0v) is 15.2. The first-order valence-electron chi connectivity index (χ1n) is 9.45. The molecule has 1 aliphatic rings. The molecular weight excluding hydrogens is 338 g/mol. The fourth-order valence-electron chi connectivity index (χ4n) is 3.57. The Morgan fingerprint density at radius 2 is 1.78 bits per heavy atom. The third-order valence-electron chi connectivity index (χ3n) is 5.04. The maximum atomic E-state index is 12.6. The highest BCUT2D eigenvalue weighted by atomic mass is 16.2. The Hall–Kier alpha value is -3.08. The lowest BCUT2D eigenvalue weighted by Gasteiger charge is -2.26.